The lowest BCUT2D eigenvalue weighted by Gasteiger charge is -2.25. The second-order valence-corrected chi connectivity index (χ2v) is 9.59. The average Bonchev–Trinajstić information content (AvgIpc) is 3.05. The number of carboxylic acids is 1. The maximum Gasteiger partial charge on any atom is 0.329 e. The van der Waals surface area contributed by atoms with Crippen LogP contribution >= 0.6 is 11.3 Å². The minimum Gasteiger partial charge on any atom is -0.480 e. The van der Waals surface area contributed by atoms with Crippen LogP contribution in [0.3, 0.4) is 0 Å². The highest BCUT2D eigenvalue weighted by Crippen LogP contribution is 2.37. The van der Waals surface area contributed by atoms with E-state index in [4.69, 9.17) is 4.98 Å². The van der Waals surface area contributed by atoms with Gasteiger partial charge in [-0.05, 0) is 40.2 Å². The monoisotopic (exact) mass is 432 g/mol. The number of benzene rings is 2. The Kier molecular flexibility index (Phi) is 5.06. The van der Waals surface area contributed by atoms with Crippen molar-refractivity contribution in [2.24, 2.45) is 0 Å². The standard InChI is InChI=1S/C25H24N2O3S/c1-14-6-10-17(11-7-14)19-16(3)31-22-20(19)23(28)27(25(4,5)24(29)30)21(26-22)18-12-8-15(2)9-13-18/h6-13H,1-5H3,(H,29,30). The van der Waals surface area contributed by atoms with Crippen molar-refractivity contribution in [1.29, 1.82) is 0 Å². The molecule has 5 nitrogen and oxygen atoms in total. The van der Waals surface area contributed by atoms with Crippen LogP contribution in [0.4, 0.5) is 0 Å². The molecule has 0 radical (unpaired) electrons. The molecule has 2 heterocycles. The Balaban J connectivity index is 2.13. The van der Waals surface area contributed by atoms with Crippen molar-refractivity contribution < 1.29 is 9.90 Å². The Bertz CT molecular complexity index is 1360. The van der Waals surface area contributed by atoms with Crippen molar-refractivity contribution in [2.75, 3.05) is 0 Å². The fourth-order valence-electron chi connectivity index (χ4n) is 3.74. The maximum atomic E-state index is 13.9. The molecule has 158 valence electrons. The molecule has 6 heteroatoms. The SMILES string of the molecule is Cc1ccc(-c2c(C)sc3nc(-c4ccc(C)cc4)n(C(C)(C)C(=O)O)c(=O)c23)cc1. The Hall–Kier alpha value is -3.25. The summed E-state index contributed by atoms with van der Waals surface area (Å²) in [5.41, 5.74) is 2.85. The number of nitrogens with zero attached hydrogens (tertiary/aromatic N) is 2. The van der Waals surface area contributed by atoms with E-state index in [1.807, 2.05) is 69.3 Å². The lowest BCUT2D eigenvalue weighted by atomic mass is 10.0. The summed E-state index contributed by atoms with van der Waals surface area (Å²) in [6, 6.07) is 15.6. The molecule has 0 spiro atoms. The molecule has 0 aliphatic carbocycles. The van der Waals surface area contributed by atoms with E-state index >= 15 is 0 Å². The Morgan fingerprint density at radius 1 is 0.935 bits per heavy atom. The average molecular weight is 433 g/mol. The van der Waals surface area contributed by atoms with Gasteiger partial charge in [0.1, 0.15) is 16.2 Å². The first-order valence-corrected chi connectivity index (χ1v) is 10.9. The number of aryl methyl sites for hydroxylation is 3. The Labute approximate surface area is 184 Å². The van der Waals surface area contributed by atoms with E-state index in [0.29, 0.717) is 21.6 Å². The predicted octanol–water partition coefficient (Wildman–Crippen LogP) is 5.54. The van der Waals surface area contributed by atoms with Crippen molar-refractivity contribution in [3.63, 3.8) is 0 Å². The number of hydrogen-bond donors (Lipinski definition) is 1. The van der Waals surface area contributed by atoms with Crippen LogP contribution in [-0.4, -0.2) is 20.6 Å². The third-order valence-electron chi connectivity index (χ3n) is 5.63. The smallest absolute Gasteiger partial charge is 0.329 e. The summed E-state index contributed by atoms with van der Waals surface area (Å²) in [6.45, 7) is 9.03. The van der Waals surface area contributed by atoms with Gasteiger partial charge in [0.05, 0.1) is 5.39 Å². The van der Waals surface area contributed by atoms with Gasteiger partial charge < -0.3 is 5.11 Å². The first-order chi connectivity index (χ1) is 14.6. The number of fused-ring (bicyclic) bond motifs is 1. The number of rotatable bonds is 4. The van der Waals surface area contributed by atoms with E-state index in [1.54, 1.807) is 0 Å². The molecule has 0 atom stereocenters. The highest BCUT2D eigenvalue weighted by atomic mass is 32.1. The third kappa shape index (κ3) is 3.47. The van der Waals surface area contributed by atoms with Crippen LogP contribution in [0.5, 0.6) is 0 Å². The molecular weight excluding hydrogens is 408 g/mol. The second kappa shape index (κ2) is 7.46. The molecule has 0 bridgehead atoms. The number of carboxylic acid groups (broad SMARTS) is 1. The maximum absolute atomic E-state index is 13.9. The molecular formula is C25H24N2O3S. The van der Waals surface area contributed by atoms with E-state index in [9.17, 15) is 14.7 Å². The van der Waals surface area contributed by atoms with E-state index in [0.717, 1.165) is 27.1 Å². The van der Waals surface area contributed by atoms with E-state index in [1.165, 1.54) is 29.8 Å². The van der Waals surface area contributed by atoms with Crippen LogP contribution in [0, 0.1) is 20.8 Å². The third-order valence-corrected chi connectivity index (χ3v) is 6.63. The molecule has 2 aromatic carbocycles. The van der Waals surface area contributed by atoms with Gasteiger partial charge in [-0.1, -0.05) is 59.7 Å². The van der Waals surface area contributed by atoms with Crippen molar-refractivity contribution in [2.45, 2.75) is 40.2 Å². The molecule has 4 rings (SSSR count). The fourth-order valence-corrected chi connectivity index (χ4v) is 4.78. The summed E-state index contributed by atoms with van der Waals surface area (Å²) in [6.07, 6.45) is 0. The Morgan fingerprint density at radius 3 is 1.97 bits per heavy atom. The zero-order valence-electron chi connectivity index (χ0n) is 18.2. The first kappa shape index (κ1) is 21.0. The Morgan fingerprint density at radius 2 is 1.45 bits per heavy atom. The van der Waals surface area contributed by atoms with Crippen LogP contribution in [0.1, 0.15) is 29.9 Å². The molecule has 0 aliphatic heterocycles. The van der Waals surface area contributed by atoms with Crippen molar-refractivity contribution in [3.8, 4) is 22.5 Å². The minimum absolute atomic E-state index is 0.340. The largest absolute Gasteiger partial charge is 0.480 e. The van der Waals surface area contributed by atoms with E-state index in [2.05, 4.69) is 0 Å². The predicted molar refractivity (Wildman–Crippen MR) is 126 cm³/mol. The van der Waals surface area contributed by atoms with Crippen LogP contribution in [0.2, 0.25) is 0 Å². The number of aromatic nitrogens is 2. The lowest BCUT2D eigenvalue weighted by molar-refractivity contribution is -0.145. The summed E-state index contributed by atoms with van der Waals surface area (Å²) in [4.78, 5) is 32.5. The zero-order chi connectivity index (χ0) is 22.5. The number of carbonyl (C=O) groups is 1. The lowest BCUT2D eigenvalue weighted by Crippen LogP contribution is -2.44. The molecule has 0 saturated carbocycles. The van der Waals surface area contributed by atoms with Crippen molar-refractivity contribution >= 4 is 27.5 Å². The van der Waals surface area contributed by atoms with Crippen LogP contribution in [0.15, 0.2) is 53.3 Å². The van der Waals surface area contributed by atoms with E-state index < -0.39 is 11.5 Å². The molecule has 0 fully saturated rings. The van der Waals surface area contributed by atoms with Crippen LogP contribution in [-0.2, 0) is 10.3 Å². The molecule has 31 heavy (non-hydrogen) atoms. The summed E-state index contributed by atoms with van der Waals surface area (Å²) >= 11 is 1.46. The van der Waals surface area contributed by atoms with Gasteiger partial charge in [-0.2, -0.15) is 0 Å². The van der Waals surface area contributed by atoms with Crippen LogP contribution in [0.25, 0.3) is 32.7 Å². The van der Waals surface area contributed by atoms with Gasteiger partial charge in [0.25, 0.3) is 5.56 Å². The molecule has 1 N–H and O–H groups in total. The summed E-state index contributed by atoms with van der Waals surface area (Å²) in [5, 5.41) is 10.4. The summed E-state index contributed by atoms with van der Waals surface area (Å²) < 4.78 is 1.33. The normalized spacial score (nSPS) is 11.8. The zero-order valence-corrected chi connectivity index (χ0v) is 19.0. The van der Waals surface area contributed by atoms with Gasteiger partial charge >= 0.3 is 5.97 Å². The van der Waals surface area contributed by atoms with Crippen LogP contribution < -0.4 is 5.56 Å². The number of hydrogen-bond acceptors (Lipinski definition) is 4. The van der Waals surface area contributed by atoms with Gasteiger partial charge in [0.2, 0.25) is 0 Å². The summed E-state index contributed by atoms with van der Waals surface area (Å²) in [5.74, 6) is -0.727. The highest BCUT2D eigenvalue weighted by Gasteiger charge is 2.35. The minimum atomic E-state index is -1.47. The van der Waals surface area contributed by atoms with E-state index in [-0.39, 0.29) is 5.56 Å². The molecule has 0 unspecified atom stereocenters. The molecule has 2 aromatic heterocycles. The molecule has 4 aromatic rings. The van der Waals surface area contributed by atoms with Gasteiger partial charge in [-0.15, -0.1) is 11.3 Å². The van der Waals surface area contributed by atoms with Gasteiger partial charge in [0, 0.05) is 16.0 Å². The topological polar surface area (TPSA) is 72.2 Å². The number of thiophene rings is 1. The van der Waals surface area contributed by atoms with Crippen molar-refractivity contribution in [1.82, 2.24) is 9.55 Å². The molecule has 0 amide bonds. The van der Waals surface area contributed by atoms with Gasteiger partial charge in [0.15, 0.2) is 0 Å². The summed E-state index contributed by atoms with van der Waals surface area (Å²) in [7, 11) is 0. The van der Waals surface area contributed by atoms with Gasteiger partial charge in [-0.25, -0.2) is 9.78 Å². The number of aliphatic carboxylic acids is 1. The fraction of sp³-hybridized carbons (Fsp3) is 0.240. The van der Waals surface area contributed by atoms with Gasteiger partial charge in [-0.3, -0.25) is 9.36 Å². The van der Waals surface area contributed by atoms with Crippen molar-refractivity contribution in [3.05, 3.63) is 74.9 Å². The second-order valence-electron chi connectivity index (χ2n) is 8.39. The molecule has 0 aliphatic rings. The quantitative estimate of drug-likeness (QED) is 0.460. The first-order valence-electron chi connectivity index (χ1n) is 10.1. The highest BCUT2D eigenvalue weighted by molar-refractivity contribution is 7.19. The molecule has 0 saturated heterocycles.